The molecule has 0 bridgehead atoms. The lowest BCUT2D eigenvalue weighted by atomic mass is 9.90. The van der Waals surface area contributed by atoms with Gasteiger partial charge in [-0.25, -0.2) is 4.98 Å². The third kappa shape index (κ3) is 3.50. The molecular weight excluding hydrogens is 268 g/mol. The van der Waals surface area contributed by atoms with Crippen LogP contribution >= 0.6 is 0 Å². The van der Waals surface area contributed by atoms with Crippen molar-refractivity contribution in [1.82, 2.24) is 15.3 Å². The average Bonchev–Trinajstić information content (AvgIpc) is 3.30. The SMILES string of the molecule is Cc1cncc(N2CCC([C@H](O)C(=O)NC3CC3)CC2)n1. The van der Waals surface area contributed by atoms with Gasteiger partial charge >= 0.3 is 0 Å². The molecule has 0 radical (unpaired) electrons. The number of nitrogens with zero attached hydrogens (tertiary/aromatic N) is 3. The van der Waals surface area contributed by atoms with E-state index in [-0.39, 0.29) is 11.8 Å². The molecule has 2 aliphatic rings. The summed E-state index contributed by atoms with van der Waals surface area (Å²) >= 11 is 0. The maximum atomic E-state index is 11.9. The minimum Gasteiger partial charge on any atom is -0.383 e. The molecule has 0 spiro atoms. The summed E-state index contributed by atoms with van der Waals surface area (Å²) in [6.45, 7) is 3.53. The predicted molar refractivity (Wildman–Crippen MR) is 78.9 cm³/mol. The number of aromatic nitrogens is 2. The van der Waals surface area contributed by atoms with Crippen LogP contribution < -0.4 is 10.2 Å². The van der Waals surface area contributed by atoms with E-state index in [4.69, 9.17) is 0 Å². The largest absolute Gasteiger partial charge is 0.383 e. The standard InChI is InChI=1S/C15H22N4O2/c1-10-8-16-9-13(17-10)19-6-4-11(5-7-19)14(20)15(21)18-12-2-3-12/h8-9,11-12,14,20H,2-7H2,1H3,(H,18,21)/t14-/m0/s1. The van der Waals surface area contributed by atoms with Crippen LogP contribution in [0.5, 0.6) is 0 Å². The Kier molecular flexibility index (Phi) is 4.05. The first-order chi connectivity index (χ1) is 10.1. The fraction of sp³-hybridized carbons (Fsp3) is 0.667. The van der Waals surface area contributed by atoms with Crippen molar-refractivity contribution in [3.8, 4) is 0 Å². The first-order valence-corrected chi connectivity index (χ1v) is 7.65. The van der Waals surface area contributed by atoms with Crippen molar-refractivity contribution >= 4 is 11.7 Å². The zero-order valence-electron chi connectivity index (χ0n) is 12.3. The van der Waals surface area contributed by atoms with E-state index in [9.17, 15) is 9.90 Å². The van der Waals surface area contributed by atoms with Gasteiger partial charge in [-0.15, -0.1) is 0 Å². The van der Waals surface area contributed by atoms with E-state index in [0.29, 0.717) is 6.04 Å². The summed E-state index contributed by atoms with van der Waals surface area (Å²) in [6, 6.07) is 0.301. The number of aliphatic hydroxyl groups is 1. The Morgan fingerprint density at radius 1 is 1.33 bits per heavy atom. The first kappa shape index (κ1) is 14.3. The van der Waals surface area contributed by atoms with Crippen LogP contribution in [-0.2, 0) is 4.79 Å². The highest BCUT2D eigenvalue weighted by Crippen LogP contribution is 2.25. The number of piperidine rings is 1. The van der Waals surface area contributed by atoms with Crippen molar-refractivity contribution in [2.24, 2.45) is 5.92 Å². The molecule has 114 valence electrons. The molecule has 0 unspecified atom stereocenters. The van der Waals surface area contributed by atoms with E-state index in [1.54, 1.807) is 12.4 Å². The quantitative estimate of drug-likeness (QED) is 0.851. The molecule has 1 saturated heterocycles. The number of rotatable bonds is 4. The first-order valence-electron chi connectivity index (χ1n) is 7.65. The molecule has 2 heterocycles. The number of carbonyl (C=O) groups is 1. The van der Waals surface area contributed by atoms with Gasteiger partial charge in [0.05, 0.1) is 11.9 Å². The Bertz CT molecular complexity index is 510. The third-order valence-corrected chi connectivity index (χ3v) is 4.24. The number of carbonyl (C=O) groups excluding carboxylic acids is 1. The number of aliphatic hydroxyl groups excluding tert-OH is 1. The van der Waals surface area contributed by atoms with E-state index in [2.05, 4.69) is 20.2 Å². The van der Waals surface area contributed by atoms with Crippen molar-refractivity contribution in [1.29, 1.82) is 0 Å². The Hall–Kier alpha value is -1.69. The van der Waals surface area contributed by atoms with Crippen LogP contribution in [0.4, 0.5) is 5.82 Å². The van der Waals surface area contributed by atoms with E-state index in [1.807, 2.05) is 6.92 Å². The van der Waals surface area contributed by atoms with E-state index in [1.165, 1.54) is 0 Å². The van der Waals surface area contributed by atoms with Gasteiger partial charge in [0.2, 0.25) is 5.91 Å². The fourth-order valence-corrected chi connectivity index (χ4v) is 2.78. The van der Waals surface area contributed by atoms with Gasteiger partial charge in [0.25, 0.3) is 0 Å². The molecule has 1 amide bonds. The smallest absolute Gasteiger partial charge is 0.249 e. The van der Waals surface area contributed by atoms with Crippen molar-refractivity contribution in [3.63, 3.8) is 0 Å². The van der Waals surface area contributed by atoms with Gasteiger partial charge in [0, 0.05) is 25.3 Å². The molecule has 0 aromatic carbocycles. The fourth-order valence-electron chi connectivity index (χ4n) is 2.78. The summed E-state index contributed by atoms with van der Waals surface area (Å²) in [5, 5.41) is 13.0. The van der Waals surface area contributed by atoms with Gasteiger partial charge in [0.1, 0.15) is 11.9 Å². The van der Waals surface area contributed by atoms with Gasteiger partial charge in [0.15, 0.2) is 0 Å². The minimum atomic E-state index is -0.878. The van der Waals surface area contributed by atoms with Crippen LogP contribution in [-0.4, -0.2) is 46.2 Å². The second kappa shape index (κ2) is 5.97. The lowest BCUT2D eigenvalue weighted by Crippen LogP contribution is -2.45. The lowest BCUT2D eigenvalue weighted by molar-refractivity contribution is -0.132. The molecule has 6 nitrogen and oxygen atoms in total. The Morgan fingerprint density at radius 3 is 2.67 bits per heavy atom. The van der Waals surface area contributed by atoms with E-state index < -0.39 is 6.10 Å². The molecule has 1 atom stereocenters. The molecule has 2 fully saturated rings. The van der Waals surface area contributed by atoms with Crippen LogP contribution in [0.15, 0.2) is 12.4 Å². The molecule has 1 aliphatic carbocycles. The summed E-state index contributed by atoms with van der Waals surface area (Å²) in [5.41, 5.74) is 0.901. The minimum absolute atomic E-state index is 0.0396. The molecule has 21 heavy (non-hydrogen) atoms. The summed E-state index contributed by atoms with van der Waals surface area (Å²) in [6.07, 6.45) is 6.32. The summed E-state index contributed by atoms with van der Waals surface area (Å²) < 4.78 is 0. The average molecular weight is 290 g/mol. The van der Waals surface area contributed by atoms with Gasteiger partial charge in [-0.05, 0) is 38.5 Å². The van der Waals surface area contributed by atoms with Crippen LogP contribution in [0.25, 0.3) is 0 Å². The van der Waals surface area contributed by atoms with Crippen LogP contribution in [0.3, 0.4) is 0 Å². The zero-order valence-corrected chi connectivity index (χ0v) is 12.3. The van der Waals surface area contributed by atoms with Crippen molar-refractivity contribution in [2.75, 3.05) is 18.0 Å². The maximum Gasteiger partial charge on any atom is 0.249 e. The molecular formula is C15H22N4O2. The number of anilines is 1. The normalized spacial score (nSPS) is 21.1. The Balaban J connectivity index is 1.53. The molecule has 1 saturated carbocycles. The topological polar surface area (TPSA) is 78.3 Å². The van der Waals surface area contributed by atoms with Gasteiger partial charge < -0.3 is 15.3 Å². The number of amides is 1. The number of nitrogens with one attached hydrogen (secondary N) is 1. The summed E-state index contributed by atoms with van der Waals surface area (Å²) in [7, 11) is 0. The molecule has 1 aliphatic heterocycles. The summed E-state index contributed by atoms with van der Waals surface area (Å²) in [5.74, 6) is 0.717. The van der Waals surface area contributed by atoms with Crippen LogP contribution in [0, 0.1) is 12.8 Å². The van der Waals surface area contributed by atoms with Crippen molar-refractivity contribution < 1.29 is 9.90 Å². The molecule has 2 N–H and O–H groups in total. The summed E-state index contributed by atoms with van der Waals surface area (Å²) in [4.78, 5) is 22.7. The van der Waals surface area contributed by atoms with Gasteiger partial charge in [-0.3, -0.25) is 9.78 Å². The monoisotopic (exact) mass is 290 g/mol. The van der Waals surface area contributed by atoms with Gasteiger partial charge in [-0.2, -0.15) is 0 Å². The molecule has 1 aromatic rings. The van der Waals surface area contributed by atoms with Crippen molar-refractivity contribution in [3.05, 3.63) is 18.1 Å². The third-order valence-electron chi connectivity index (χ3n) is 4.24. The van der Waals surface area contributed by atoms with E-state index >= 15 is 0 Å². The van der Waals surface area contributed by atoms with Crippen LogP contribution in [0.1, 0.15) is 31.4 Å². The number of hydrogen-bond donors (Lipinski definition) is 2. The van der Waals surface area contributed by atoms with Crippen LogP contribution in [0.2, 0.25) is 0 Å². The molecule has 1 aromatic heterocycles. The predicted octanol–water partition coefficient (Wildman–Crippen LogP) is 0.641. The van der Waals surface area contributed by atoms with Gasteiger partial charge in [-0.1, -0.05) is 0 Å². The second-order valence-electron chi connectivity index (χ2n) is 6.07. The Morgan fingerprint density at radius 2 is 2.05 bits per heavy atom. The number of hydrogen-bond acceptors (Lipinski definition) is 5. The number of aryl methyl sites for hydroxylation is 1. The lowest BCUT2D eigenvalue weighted by Gasteiger charge is -2.34. The molecule has 6 heteroatoms. The highest BCUT2D eigenvalue weighted by molar-refractivity contribution is 5.81. The van der Waals surface area contributed by atoms with Crippen molar-refractivity contribution in [2.45, 2.75) is 44.8 Å². The van der Waals surface area contributed by atoms with E-state index in [0.717, 1.165) is 50.3 Å². The second-order valence-corrected chi connectivity index (χ2v) is 6.07. The molecule has 3 rings (SSSR count). The highest BCUT2D eigenvalue weighted by Gasteiger charge is 2.33. The highest BCUT2D eigenvalue weighted by atomic mass is 16.3. The maximum absolute atomic E-state index is 11.9. The Labute approximate surface area is 124 Å². The zero-order chi connectivity index (χ0) is 14.8.